The van der Waals surface area contributed by atoms with E-state index in [2.05, 4.69) is 58.5 Å². The van der Waals surface area contributed by atoms with E-state index in [1.54, 1.807) is 0 Å². The Labute approximate surface area is 138 Å². The van der Waals surface area contributed by atoms with Crippen molar-refractivity contribution in [1.82, 2.24) is 20.4 Å². The van der Waals surface area contributed by atoms with Gasteiger partial charge in [0.1, 0.15) is 5.69 Å². The number of carbonyl (C=O) groups excluding carboxylic acids is 1. The molecule has 2 aromatic rings. The summed E-state index contributed by atoms with van der Waals surface area (Å²) in [6, 6.07) is 10.4. The Hall–Kier alpha value is -2.14. The monoisotopic (exact) mass is 314 g/mol. The smallest absolute Gasteiger partial charge is 0.271 e. The summed E-state index contributed by atoms with van der Waals surface area (Å²) in [6.07, 6.45) is 1.93. The molecule has 0 radical (unpaired) electrons. The average molecular weight is 314 g/mol. The Morgan fingerprint density at radius 1 is 1.30 bits per heavy atom. The van der Waals surface area contributed by atoms with Crippen molar-refractivity contribution in [2.75, 3.05) is 20.6 Å². The van der Waals surface area contributed by atoms with Crippen LogP contribution in [0.3, 0.4) is 0 Å². The molecule has 23 heavy (non-hydrogen) atoms. The molecule has 0 saturated carbocycles. The lowest BCUT2D eigenvalue weighted by molar-refractivity contribution is 0.0937. The van der Waals surface area contributed by atoms with Crippen LogP contribution in [0.2, 0.25) is 0 Å². The van der Waals surface area contributed by atoms with Crippen LogP contribution in [0.15, 0.2) is 30.3 Å². The minimum atomic E-state index is -0.137. The van der Waals surface area contributed by atoms with Gasteiger partial charge in [-0.15, -0.1) is 0 Å². The first kappa shape index (κ1) is 17.2. The van der Waals surface area contributed by atoms with Gasteiger partial charge < -0.3 is 10.2 Å². The zero-order valence-corrected chi connectivity index (χ0v) is 14.4. The minimum Gasteiger partial charge on any atom is -0.349 e. The van der Waals surface area contributed by atoms with E-state index in [4.69, 9.17) is 0 Å². The van der Waals surface area contributed by atoms with Crippen molar-refractivity contribution in [3.63, 3.8) is 0 Å². The van der Waals surface area contributed by atoms with Crippen LogP contribution < -0.4 is 5.32 Å². The average Bonchev–Trinajstić information content (AvgIpc) is 2.98. The van der Waals surface area contributed by atoms with Gasteiger partial charge >= 0.3 is 0 Å². The van der Waals surface area contributed by atoms with Gasteiger partial charge in [0.2, 0.25) is 0 Å². The Bertz CT molecular complexity index is 631. The van der Waals surface area contributed by atoms with Crippen LogP contribution in [0.4, 0.5) is 0 Å². The number of aromatic amines is 1. The van der Waals surface area contributed by atoms with Crippen LogP contribution in [0.25, 0.3) is 0 Å². The lowest BCUT2D eigenvalue weighted by Gasteiger charge is -2.25. The molecular weight excluding hydrogens is 288 g/mol. The Balaban J connectivity index is 2.00. The number of aromatic nitrogens is 2. The Kier molecular flexibility index (Phi) is 5.93. The zero-order chi connectivity index (χ0) is 16.8. The summed E-state index contributed by atoms with van der Waals surface area (Å²) in [6.45, 7) is 4.72. The van der Waals surface area contributed by atoms with Crippen molar-refractivity contribution < 1.29 is 4.79 Å². The number of aryl methyl sites for hydroxylation is 2. The molecule has 5 nitrogen and oxygen atoms in total. The second-order valence-corrected chi connectivity index (χ2v) is 6.13. The third kappa shape index (κ3) is 4.66. The van der Waals surface area contributed by atoms with Crippen LogP contribution in [-0.4, -0.2) is 41.6 Å². The number of nitrogens with zero attached hydrogens (tertiary/aromatic N) is 2. The molecule has 1 aromatic heterocycles. The summed E-state index contributed by atoms with van der Waals surface area (Å²) >= 11 is 0. The molecule has 0 bridgehead atoms. The first-order valence-electron chi connectivity index (χ1n) is 8.06. The molecule has 1 heterocycles. The van der Waals surface area contributed by atoms with Crippen molar-refractivity contribution >= 4 is 5.91 Å². The van der Waals surface area contributed by atoms with Crippen molar-refractivity contribution in [3.8, 4) is 0 Å². The number of amides is 1. The maximum atomic E-state index is 12.3. The first-order valence-corrected chi connectivity index (χ1v) is 8.06. The molecule has 1 aromatic carbocycles. The third-order valence-electron chi connectivity index (χ3n) is 3.92. The van der Waals surface area contributed by atoms with E-state index in [1.165, 1.54) is 11.1 Å². The van der Waals surface area contributed by atoms with Gasteiger partial charge in [0.25, 0.3) is 5.91 Å². The van der Waals surface area contributed by atoms with Crippen LogP contribution in [-0.2, 0) is 6.42 Å². The molecule has 0 unspecified atom stereocenters. The molecule has 0 spiro atoms. The van der Waals surface area contributed by atoms with Gasteiger partial charge in [0.15, 0.2) is 0 Å². The quantitative estimate of drug-likeness (QED) is 0.826. The molecule has 0 aliphatic rings. The summed E-state index contributed by atoms with van der Waals surface area (Å²) < 4.78 is 0. The fraction of sp³-hybridized carbons (Fsp3) is 0.444. The van der Waals surface area contributed by atoms with Crippen LogP contribution in [0.1, 0.15) is 46.7 Å². The minimum absolute atomic E-state index is 0.133. The standard InChI is InChI=1S/C18H26N4O/c1-5-6-15-11-16(21-20-15)18(23)19-12-17(22(3)4)14-9-7-13(2)8-10-14/h7-11,17H,5-6,12H2,1-4H3,(H,19,23)(H,20,21)/t17-/m1/s1. The van der Waals surface area contributed by atoms with Crippen LogP contribution in [0.5, 0.6) is 0 Å². The number of nitrogens with one attached hydrogen (secondary N) is 2. The van der Waals surface area contributed by atoms with Crippen LogP contribution in [0, 0.1) is 6.92 Å². The normalized spacial score (nSPS) is 12.4. The van der Waals surface area contributed by atoms with Crippen LogP contribution >= 0.6 is 0 Å². The van der Waals surface area contributed by atoms with Gasteiger partial charge in [-0.2, -0.15) is 5.10 Å². The number of rotatable bonds is 7. The number of likely N-dealkylation sites (N-methyl/N-ethyl adjacent to an activating group) is 1. The van der Waals surface area contributed by atoms with E-state index in [0.29, 0.717) is 12.2 Å². The maximum absolute atomic E-state index is 12.3. The second-order valence-electron chi connectivity index (χ2n) is 6.13. The van der Waals surface area contributed by atoms with Gasteiger partial charge in [-0.3, -0.25) is 9.89 Å². The van der Waals surface area contributed by atoms with E-state index in [1.807, 2.05) is 20.2 Å². The highest BCUT2D eigenvalue weighted by molar-refractivity contribution is 5.92. The van der Waals surface area contributed by atoms with E-state index in [0.717, 1.165) is 18.5 Å². The topological polar surface area (TPSA) is 61.0 Å². The lowest BCUT2D eigenvalue weighted by atomic mass is 10.0. The highest BCUT2D eigenvalue weighted by Gasteiger charge is 2.17. The zero-order valence-electron chi connectivity index (χ0n) is 14.4. The molecular formula is C18H26N4O. The summed E-state index contributed by atoms with van der Waals surface area (Å²) in [5.74, 6) is -0.137. The molecule has 5 heteroatoms. The number of H-pyrrole nitrogens is 1. The number of hydrogen-bond acceptors (Lipinski definition) is 3. The molecule has 0 aliphatic heterocycles. The summed E-state index contributed by atoms with van der Waals surface area (Å²) in [7, 11) is 4.04. The third-order valence-corrected chi connectivity index (χ3v) is 3.92. The van der Waals surface area contributed by atoms with E-state index in [-0.39, 0.29) is 11.9 Å². The second kappa shape index (κ2) is 7.92. The largest absolute Gasteiger partial charge is 0.349 e. The summed E-state index contributed by atoms with van der Waals surface area (Å²) in [4.78, 5) is 14.4. The molecule has 2 N–H and O–H groups in total. The molecule has 1 atom stereocenters. The molecule has 0 saturated heterocycles. The number of carbonyl (C=O) groups is 1. The van der Waals surface area contributed by atoms with Gasteiger partial charge in [-0.05, 0) is 39.1 Å². The van der Waals surface area contributed by atoms with E-state index >= 15 is 0 Å². The van der Waals surface area contributed by atoms with Gasteiger partial charge in [0, 0.05) is 12.2 Å². The van der Waals surface area contributed by atoms with E-state index in [9.17, 15) is 4.79 Å². The van der Waals surface area contributed by atoms with Crippen molar-refractivity contribution in [3.05, 3.63) is 52.8 Å². The first-order chi connectivity index (χ1) is 11.0. The number of hydrogen-bond donors (Lipinski definition) is 2. The van der Waals surface area contributed by atoms with Gasteiger partial charge in [-0.1, -0.05) is 43.2 Å². The SMILES string of the molecule is CCCc1cc(C(=O)NC[C@H](c2ccc(C)cc2)N(C)C)n[nH]1. The van der Waals surface area contributed by atoms with Crippen molar-refractivity contribution in [2.24, 2.45) is 0 Å². The Morgan fingerprint density at radius 2 is 2.00 bits per heavy atom. The fourth-order valence-electron chi connectivity index (χ4n) is 2.54. The molecule has 0 fully saturated rings. The predicted octanol–water partition coefficient (Wildman–Crippen LogP) is 2.70. The molecule has 2 rings (SSSR count). The predicted molar refractivity (Wildman–Crippen MR) is 92.5 cm³/mol. The Morgan fingerprint density at radius 3 is 2.61 bits per heavy atom. The molecule has 124 valence electrons. The van der Waals surface area contributed by atoms with E-state index < -0.39 is 0 Å². The number of benzene rings is 1. The molecule has 0 aliphatic carbocycles. The molecule has 1 amide bonds. The van der Waals surface area contributed by atoms with Crippen molar-refractivity contribution in [1.29, 1.82) is 0 Å². The van der Waals surface area contributed by atoms with Gasteiger partial charge in [0.05, 0.1) is 6.04 Å². The van der Waals surface area contributed by atoms with Gasteiger partial charge in [-0.25, -0.2) is 0 Å². The fourth-order valence-corrected chi connectivity index (χ4v) is 2.54. The maximum Gasteiger partial charge on any atom is 0.271 e. The summed E-state index contributed by atoms with van der Waals surface area (Å²) in [5.41, 5.74) is 3.88. The van der Waals surface area contributed by atoms with Crippen molar-refractivity contribution in [2.45, 2.75) is 32.7 Å². The highest BCUT2D eigenvalue weighted by Crippen LogP contribution is 2.18. The highest BCUT2D eigenvalue weighted by atomic mass is 16.1. The lowest BCUT2D eigenvalue weighted by Crippen LogP contribution is -2.34. The summed E-state index contributed by atoms with van der Waals surface area (Å²) in [5, 5.41) is 9.99.